The summed E-state index contributed by atoms with van der Waals surface area (Å²) in [7, 11) is 0. The van der Waals surface area contributed by atoms with Crippen LogP contribution >= 0.6 is 11.8 Å². The van der Waals surface area contributed by atoms with E-state index in [9.17, 15) is 9.18 Å². The number of aromatic carboxylic acids is 1. The van der Waals surface area contributed by atoms with Crippen molar-refractivity contribution in [3.8, 4) is 0 Å². The van der Waals surface area contributed by atoms with Crippen LogP contribution in [0.4, 0.5) is 4.39 Å². The quantitative estimate of drug-likeness (QED) is 0.860. The van der Waals surface area contributed by atoms with Gasteiger partial charge in [-0.1, -0.05) is 12.1 Å². The number of carboxylic acids is 1. The van der Waals surface area contributed by atoms with Crippen LogP contribution < -0.4 is 0 Å². The lowest BCUT2D eigenvalue weighted by molar-refractivity contribution is 0.0691. The van der Waals surface area contributed by atoms with Gasteiger partial charge in [0, 0.05) is 23.0 Å². The second-order valence-electron chi connectivity index (χ2n) is 3.56. The minimum atomic E-state index is -1.25. The zero-order valence-electron chi connectivity index (χ0n) is 9.34. The maximum absolute atomic E-state index is 13.8. The number of aromatic nitrogens is 1. The number of carbonyl (C=O) groups is 1. The van der Waals surface area contributed by atoms with Gasteiger partial charge in [-0.3, -0.25) is 4.98 Å². The van der Waals surface area contributed by atoms with E-state index >= 15 is 0 Å². The number of hydrogen-bond acceptors (Lipinski definition) is 3. The third-order valence-corrected chi connectivity index (χ3v) is 3.41. The molecule has 0 fully saturated rings. The Morgan fingerprint density at radius 1 is 1.28 bits per heavy atom. The predicted octanol–water partition coefficient (Wildman–Crippen LogP) is 3.21. The lowest BCUT2D eigenvalue weighted by Gasteiger charge is -2.05. The highest BCUT2D eigenvalue weighted by atomic mass is 32.2. The van der Waals surface area contributed by atoms with Crippen LogP contribution in [0.2, 0.25) is 0 Å². The molecule has 0 atom stereocenters. The largest absolute Gasteiger partial charge is 0.478 e. The van der Waals surface area contributed by atoms with Crippen LogP contribution in [0.1, 0.15) is 15.9 Å². The zero-order valence-corrected chi connectivity index (χ0v) is 10.2. The van der Waals surface area contributed by atoms with Crippen LogP contribution in [0.3, 0.4) is 0 Å². The van der Waals surface area contributed by atoms with E-state index in [1.54, 1.807) is 24.5 Å². The van der Waals surface area contributed by atoms with E-state index in [1.807, 2.05) is 12.1 Å². The van der Waals surface area contributed by atoms with Crippen LogP contribution in [-0.4, -0.2) is 16.1 Å². The standard InChI is InChI=1S/C13H10FNO2S/c14-12-9(2-1-3-11(12)13(16)17)8-18-10-4-6-15-7-5-10/h1-7H,8H2,(H,16,17). The molecule has 1 aromatic heterocycles. The fraction of sp³-hybridized carbons (Fsp3) is 0.0769. The minimum Gasteiger partial charge on any atom is -0.478 e. The first kappa shape index (κ1) is 12.6. The van der Waals surface area contributed by atoms with Gasteiger partial charge >= 0.3 is 5.97 Å². The highest BCUT2D eigenvalue weighted by molar-refractivity contribution is 7.98. The van der Waals surface area contributed by atoms with E-state index in [1.165, 1.54) is 17.8 Å². The van der Waals surface area contributed by atoms with Crippen molar-refractivity contribution in [3.05, 3.63) is 59.7 Å². The predicted molar refractivity (Wildman–Crippen MR) is 67.2 cm³/mol. The van der Waals surface area contributed by atoms with Crippen LogP contribution in [-0.2, 0) is 5.75 Å². The number of rotatable bonds is 4. The van der Waals surface area contributed by atoms with E-state index in [2.05, 4.69) is 4.98 Å². The lowest BCUT2D eigenvalue weighted by atomic mass is 10.1. The summed E-state index contributed by atoms with van der Waals surface area (Å²) in [5, 5.41) is 8.82. The van der Waals surface area contributed by atoms with Gasteiger partial charge in [0.15, 0.2) is 0 Å². The molecule has 2 rings (SSSR count). The summed E-state index contributed by atoms with van der Waals surface area (Å²) in [6.45, 7) is 0. The van der Waals surface area contributed by atoms with E-state index in [0.29, 0.717) is 11.3 Å². The van der Waals surface area contributed by atoms with Gasteiger partial charge in [-0.05, 0) is 23.8 Å². The summed E-state index contributed by atoms with van der Waals surface area (Å²) in [5.41, 5.74) is 0.0968. The molecular formula is C13H10FNO2S. The molecule has 0 bridgehead atoms. The molecule has 0 aliphatic heterocycles. The van der Waals surface area contributed by atoms with Gasteiger partial charge in [0.2, 0.25) is 0 Å². The molecule has 0 unspecified atom stereocenters. The van der Waals surface area contributed by atoms with E-state index < -0.39 is 11.8 Å². The first-order valence-electron chi connectivity index (χ1n) is 5.22. The Morgan fingerprint density at radius 2 is 2.00 bits per heavy atom. The smallest absolute Gasteiger partial charge is 0.338 e. The van der Waals surface area contributed by atoms with Crippen molar-refractivity contribution in [2.75, 3.05) is 0 Å². The molecule has 92 valence electrons. The Hall–Kier alpha value is -1.88. The second-order valence-corrected chi connectivity index (χ2v) is 4.60. The van der Waals surface area contributed by atoms with E-state index in [4.69, 9.17) is 5.11 Å². The van der Waals surface area contributed by atoms with Crippen molar-refractivity contribution < 1.29 is 14.3 Å². The molecule has 5 heteroatoms. The van der Waals surface area contributed by atoms with Gasteiger partial charge in [-0.15, -0.1) is 11.8 Å². The highest BCUT2D eigenvalue weighted by Gasteiger charge is 2.13. The number of pyridine rings is 1. The van der Waals surface area contributed by atoms with Crippen molar-refractivity contribution in [2.24, 2.45) is 0 Å². The van der Waals surface area contributed by atoms with Gasteiger partial charge in [-0.2, -0.15) is 0 Å². The second kappa shape index (κ2) is 5.64. The van der Waals surface area contributed by atoms with Crippen molar-refractivity contribution in [2.45, 2.75) is 10.6 Å². The first-order chi connectivity index (χ1) is 8.68. The summed E-state index contributed by atoms with van der Waals surface area (Å²) in [5.74, 6) is -1.52. The Bertz CT molecular complexity index is 560. The average molecular weight is 263 g/mol. The fourth-order valence-corrected chi connectivity index (χ4v) is 2.31. The molecule has 0 aliphatic rings. The molecule has 0 spiro atoms. The molecule has 0 aliphatic carbocycles. The van der Waals surface area contributed by atoms with Crippen molar-refractivity contribution in [3.63, 3.8) is 0 Å². The van der Waals surface area contributed by atoms with Crippen molar-refractivity contribution >= 4 is 17.7 Å². The average Bonchev–Trinajstić information content (AvgIpc) is 2.38. The number of carboxylic acid groups (broad SMARTS) is 1. The molecule has 0 saturated carbocycles. The summed E-state index contributed by atoms with van der Waals surface area (Å²) < 4.78 is 13.8. The number of halogens is 1. The highest BCUT2D eigenvalue weighted by Crippen LogP contribution is 2.24. The Labute approximate surface area is 108 Å². The topological polar surface area (TPSA) is 50.2 Å². The molecule has 0 amide bonds. The lowest BCUT2D eigenvalue weighted by Crippen LogP contribution is -2.02. The Balaban J connectivity index is 2.15. The van der Waals surface area contributed by atoms with Crippen molar-refractivity contribution in [1.29, 1.82) is 0 Å². The molecule has 0 saturated heterocycles. The van der Waals surface area contributed by atoms with Crippen molar-refractivity contribution in [1.82, 2.24) is 4.98 Å². The summed E-state index contributed by atoms with van der Waals surface area (Å²) in [6.07, 6.45) is 3.32. The summed E-state index contributed by atoms with van der Waals surface area (Å²) >= 11 is 1.44. The van der Waals surface area contributed by atoms with Gasteiger partial charge in [0.05, 0.1) is 5.56 Å². The third kappa shape index (κ3) is 2.87. The molecule has 2 aromatic rings. The monoisotopic (exact) mass is 263 g/mol. The van der Waals surface area contributed by atoms with Gasteiger partial charge in [-0.25, -0.2) is 9.18 Å². The van der Waals surface area contributed by atoms with E-state index in [-0.39, 0.29) is 5.56 Å². The SMILES string of the molecule is O=C(O)c1cccc(CSc2ccncc2)c1F. The van der Waals surface area contributed by atoms with Crippen LogP contribution in [0, 0.1) is 5.82 Å². The molecule has 1 N–H and O–H groups in total. The Kier molecular flexibility index (Phi) is 3.94. The Morgan fingerprint density at radius 3 is 2.67 bits per heavy atom. The number of nitrogens with zero attached hydrogens (tertiary/aromatic N) is 1. The minimum absolute atomic E-state index is 0.289. The van der Waals surface area contributed by atoms with Crippen LogP contribution in [0.15, 0.2) is 47.6 Å². The van der Waals surface area contributed by atoms with Crippen LogP contribution in [0.25, 0.3) is 0 Å². The summed E-state index contributed by atoms with van der Waals surface area (Å²) in [6, 6.07) is 8.05. The number of benzene rings is 1. The molecule has 1 aromatic carbocycles. The molecule has 3 nitrogen and oxygen atoms in total. The van der Waals surface area contributed by atoms with Crippen LogP contribution in [0.5, 0.6) is 0 Å². The van der Waals surface area contributed by atoms with Gasteiger partial charge in [0.1, 0.15) is 5.82 Å². The van der Waals surface area contributed by atoms with Gasteiger partial charge < -0.3 is 5.11 Å². The third-order valence-electron chi connectivity index (χ3n) is 2.35. The molecule has 1 heterocycles. The molecule has 18 heavy (non-hydrogen) atoms. The van der Waals surface area contributed by atoms with E-state index in [0.717, 1.165) is 4.90 Å². The zero-order chi connectivity index (χ0) is 13.0. The normalized spacial score (nSPS) is 10.3. The summed E-state index contributed by atoms with van der Waals surface area (Å²) in [4.78, 5) is 15.6. The maximum atomic E-state index is 13.8. The number of thioether (sulfide) groups is 1. The molecule has 0 radical (unpaired) electrons. The first-order valence-corrected chi connectivity index (χ1v) is 6.20. The van der Waals surface area contributed by atoms with Gasteiger partial charge in [0.25, 0.3) is 0 Å². The fourth-order valence-electron chi connectivity index (χ4n) is 1.45. The number of hydrogen-bond donors (Lipinski definition) is 1. The maximum Gasteiger partial charge on any atom is 0.338 e. The molecular weight excluding hydrogens is 253 g/mol.